The molecule has 0 saturated carbocycles. The number of carbonyl (C=O) groups is 1. The van der Waals surface area contributed by atoms with Gasteiger partial charge in [-0.1, -0.05) is 12.1 Å². The smallest absolute Gasteiger partial charge is 0.251 e. The standard InChI is InChI=1S/C28H35F4N5O3/c1-17(38)27(39)36(11-10-21(33)14-29)16-23(28(2,3)40-4)26-34-25(22-13-20(31)8-9-24(22)32)35-37(26)15-18-6-5-7-19(30)12-18/h5-9,12-13,17,21,23,38H,10-11,14-16,33H2,1-4H3/t17-,21-,23-/m0/s1. The monoisotopic (exact) mass is 565 g/mol. The Hall–Kier alpha value is -3.35. The molecule has 3 rings (SSSR count). The molecule has 8 nitrogen and oxygen atoms in total. The molecule has 1 amide bonds. The molecule has 218 valence electrons. The lowest BCUT2D eigenvalue weighted by atomic mass is 9.88. The van der Waals surface area contributed by atoms with Crippen LogP contribution < -0.4 is 5.73 Å². The summed E-state index contributed by atoms with van der Waals surface area (Å²) in [5, 5.41) is 14.5. The molecule has 0 radical (unpaired) electrons. The van der Waals surface area contributed by atoms with E-state index in [0.717, 1.165) is 18.2 Å². The topological polar surface area (TPSA) is 106 Å². The molecule has 0 aliphatic carbocycles. The molecule has 0 bridgehead atoms. The van der Waals surface area contributed by atoms with E-state index in [2.05, 4.69) is 10.1 Å². The maximum Gasteiger partial charge on any atom is 0.251 e. The number of alkyl halides is 1. The normalized spacial score (nSPS) is 14.2. The molecule has 0 spiro atoms. The number of ether oxygens (including phenoxy) is 1. The van der Waals surface area contributed by atoms with Crippen molar-refractivity contribution in [2.75, 3.05) is 26.9 Å². The van der Waals surface area contributed by atoms with E-state index in [0.29, 0.717) is 5.56 Å². The Bertz CT molecular complexity index is 1300. The molecule has 1 heterocycles. The highest BCUT2D eigenvalue weighted by Crippen LogP contribution is 2.33. The Morgan fingerprint density at radius 3 is 2.50 bits per heavy atom. The van der Waals surface area contributed by atoms with Crippen molar-refractivity contribution >= 4 is 5.91 Å². The first kappa shape index (κ1) is 31.2. The Morgan fingerprint density at radius 2 is 1.88 bits per heavy atom. The average molecular weight is 566 g/mol. The van der Waals surface area contributed by atoms with Crippen LogP contribution in [0.15, 0.2) is 42.5 Å². The Kier molecular flexibility index (Phi) is 10.4. The van der Waals surface area contributed by atoms with Crippen molar-refractivity contribution in [3.8, 4) is 11.4 Å². The Labute approximate surface area is 230 Å². The van der Waals surface area contributed by atoms with Crippen LogP contribution in [0.25, 0.3) is 11.4 Å². The van der Waals surface area contributed by atoms with E-state index in [1.807, 2.05) is 0 Å². The van der Waals surface area contributed by atoms with Crippen LogP contribution in [0.5, 0.6) is 0 Å². The van der Waals surface area contributed by atoms with Crippen LogP contribution in [0.2, 0.25) is 0 Å². The zero-order valence-corrected chi connectivity index (χ0v) is 23.0. The van der Waals surface area contributed by atoms with E-state index in [9.17, 15) is 27.5 Å². The highest BCUT2D eigenvalue weighted by atomic mass is 19.1. The second-order valence-corrected chi connectivity index (χ2v) is 10.2. The van der Waals surface area contributed by atoms with Gasteiger partial charge in [0.05, 0.1) is 23.6 Å². The first-order valence-corrected chi connectivity index (χ1v) is 12.8. The third kappa shape index (κ3) is 7.64. The van der Waals surface area contributed by atoms with E-state index in [1.54, 1.807) is 19.9 Å². The molecule has 0 fully saturated rings. The molecule has 0 aliphatic heterocycles. The van der Waals surface area contributed by atoms with Crippen molar-refractivity contribution < 1.29 is 32.2 Å². The lowest BCUT2D eigenvalue weighted by molar-refractivity contribution is -0.140. The second-order valence-electron chi connectivity index (χ2n) is 10.2. The van der Waals surface area contributed by atoms with Crippen LogP contribution in [0.4, 0.5) is 17.6 Å². The number of hydrogen-bond donors (Lipinski definition) is 2. The summed E-state index contributed by atoms with van der Waals surface area (Å²) in [5.74, 6) is -3.14. The summed E-state index contributed by atoms with van der Waals surface area (Å²) >= 11 is 0. The number of nitrogens with two attached hydrogens (primary N) is 1. The van der Waals surface area contributed by atoms with E-state index in [1.165, 1.54) is 41.8 Å². The Balaban J connectivity index is 2.16. The fourth-order valence-corrected chi connectivity index (χ4v) is 4.25. The third-order valence-electron chi connectivity index (χ3n) is 6.81. The number of aliphatic hydroxyl groups is 1. The van der Waals surface area contributed by atoms with Crippen LogP contribution in [0.3, 0.4) is 0 Å². The summed E-state index contributed by atoms with van der Waals surface area (Å²) in [6.45, 7) is 4.03. The summed E-state index contributed by atoms with van der Waals surface area (Å²) in [6.07, 6.45) is -1.22. The minimum absolute atomic E-state index is 0.0183. The lowest BCUT2D eigenvalue weighted by Crippen LogP contribution is -2.47. The van der Waals surface area contributed by atoms with Gasteiger partial charge in [-0.05, 0) is 63.1 Å². The van der Waals surface area contributed by atoms with Crippen molar-refractivity contribution in [2.45, 2.75) is 57.4 Å². The number of halogens is 4. The number of rotatable bonds is 13. The van der Waals surface area contributed by atoms with Gasteiger partial charge in [0.1, 0.15) is 36.1 Å². The van der Waals surface area contributed by atoms with Crippen molar-refractivity contribution in [3.63, 3.8) is 0 Å². The largest absolute Gasteiger partial charge is 0.384 e. The maximum atomic E-state index is 14.7. The van der Waals surface area contributed by atoms with Gasteiger partial charge in [0.25, 0.3) is 5.91 Å². The molecule has 0 unspecified atom stereocenters. The van der Waals surface area contributed by atoms with Crippen molar-refractivity contribution in [2.24, 2.45) is 5.73 Å². The van der Waals surface area contributed by atoms with E-state index in [-0.39, 0.29) is 43.3 Å². The SMILES string of the molecule is COC(C)(C)[C@@H](CN(CC[C@H](N)CF)C(=O)[C@H](C)O)c1nc(-c2cc(F)ccc2F)nn1Cc1cccc(F)c1. The number of nitrogens with zero attached hydrogens (tertiary/aromatic N) is 4. The van der Waals surface area contributed by atoms with Gasteiger partial charge < -0.3 is 20.5 Å². The van der Waals surface area contributed by atoms with Gasteiger partial charge in [-0.3, -0.25) is 4.79 Å². The highest BCUT2D eigenvalue weighted by molar-refractivity contribution is 5.80. The number of aliphatic hydroxyl groups excluding tert-OH is 1. The fourth-order valence-electron chi connectivity index (χ4n) is 4.25. The molecular weight excluding hydrogens is 530 g/mol. The summed E-state index contributed by atoms with van der Waals surface area (Å²) < 4.78 is 63.1. The van der Waals surface area contributed by atoms with Gasteiger partial charge >= 0.3 is 0 Å². The van der Waals surface area contributed by atoms with Crippen LogP contribution in [0.1, 0.15) is 44.5 Å². The van der Waals surface area contributed by atoms with Gasteiger partial charge in [-0.15, -0.1) is 0 Å². The second kappa shape index (κ2) is 13.3. The quantitative estimate of drug-likeness (QED) is 0.306. The number of benzene rings is 2. The number of methoxy groups -OCH3 is 1. The van der Waals surface area contributed by atoms with Gasteiger partial charge in [-0.25, -0.2) is 27.2 Å². The summed E-state index contributed by atoms with van der Waals surface area (Å²) in [5.41, 5.74) is 5.08. The van der Waals surface area contributed by atoms with Crippen LogP contribution in [-0.2, 0) is 16.1 Å². The molecule has 12 heteroatoms. The van der Waals surface area contributed by atoms with Crippen molar-refractivity contribution in [3.05, 3.63) is 71.3 Å². The first-order chi connectivity index (χ1) is 18.9. The van der Waals surface area contributed by atoms with Gasteiger partial charge in [0.15, 0.2) is 5.82 Å². The summed E-state index contributed by atoms with van der Waals surface area (Å²) in [4.78, 5) is 18.9. The third-order valence-corrected chi connectivity index (χ3v) is 6.81. The Morgan fingerprint density at radius 1 is 1.18 bits per heavy atom. The molecule has 3 N–H and O–H groups in total. The van der Waals surface area contributed by atoms with Crippen LogP contribution >= 0.6 is 0 Å². The lowest BCUT2D eigenvalue weighted by Gasteiger charge is -2.37. The summed E-state index contributed by atoms with van der Waals surface area (Å²) in [7, 11) is 1.47. The predicted octanol–water partition coefficient (Wildman–Crippen LogP) is 3.82. The molecule has 2 aromatic carbocycles. The maximum absolute atomic E-state index is 14.7. The van der Waals surface area contributed by atoms with Gasteiger partial charge in [0.2, 0.25) is 0 Å². The molecule has 3 aromatic rings. The fraction of sp³-hybridized carbons (Fsp3) is 0.464. The molecular formula is C28H35F4N5O3. The van der Waals surface area contributed by atoms with Gasteiger partial charge in [-0.2, -0.15) is 5.10 Å². The molecule has 0 saturated heterocycles. The van der Waals surface area contributed by atoms with Gasteiger partial charge in [0, 0.05) is 26.2 Å². The van der Waals surface area contributed by atoms with Crippen LogP contribution in [0, 0.1) is 17.5 Å². The minimum atomic E-state index is -1.35. The molecule has 1 aromatic heterocycles. The first-order valence-electron chi connectivity index (χ1n) is 12.8. The molecule has 40 heavy (non-hydrogen) atoms. The van der Waals surface area contributed by atoms with E-state index >= 15 is 0 Å². The van der Waals surface area contributed by atoms with Crippen molar-refractivity contribution in [1.29, 1.82) is 0 Å². The summed E-state index contributed by atoms with van der Waals surface area (Å²) in [6, 6.07) is 7.91. The minimum Gasteiger partial charge on any atom is -0.384 e. The van der Waals surface area contributed by atoms with E-state index in [4.69, 9.17) is 10.5 Å². The molecule has 0 aliphatic rings. The van der Waals surface area contributed by atoms with Crippen molar-refractivity contribution in [1.82, 2.24) is 19.7 Å². The number of carbonyl (C=O) groups excluding carboxylic acids is 1. The number of hydrogen-bond acceptors (Lipinski definition) is 6. The van der Waals surface area contributed by atoms with Crippen LogP contribution in [-0.4, -0.2) is 75.3 Å². The van der Waals surface area contributed by atoms with E-state index < -0.39 is 53.7 Å². The predicted molar refractivity (Wildman–Crippen MR) is 142 cm³/mol. The zero-order chi connectivity index (χ0) is 29.6. The molecule has 3 atom stereocenters. The number of aromatic nitrogens is 3. The average Bonchev–Trinajstić information content (AvgIpc) is 3.31. The zero-order valence-electron chi connectivity index (χ0n) is 23.0. The highest BCUT2D eigenvalue weighted by Gasteiger charge is 2.38. The number of amides is 1.